The molecule has 0 spiro atoms. The fraction of sp³-hybridized carbons (Fsp3) is 0.600. The topological polar surface area (TPSA) is 30.5 Å². The number of benzene rings is 1. The minimum absolute atomic E-state index is 0.631. The first-order valence-corrected chi connectivity index (χ1v) is 7.31. The Morgan fingerprint density at radius 2 is 1.68 bits per heavy atom. The SMILES string of the molecule is CCCCOCCNCCOCc1ccc(Cl)cc1. The lowest BCUT2D eigenvalue weighted by Crippen LogP contribution is -2.24. The molecule has 0 fully saturated rings. The molecule has 19 heavy (non-hydrogen) atoms. The summed E-state index contributed by atoms with van der Waals surface area (Å²) in [5.74, 6) is 0. The summed E-state index contributed by atoms with van der Waals surface area (Å²) in [4.78, 5) is 0. The van der Waals surface area contributed by atoms with E-state index in [0.29, 0.717) is 13.2 Å². The highest BCUT2D eigenvalue weighted by Gasteiger charge is 1.94. The van der Waals surface area contributed by atoms with Gasteiger partial charge in [-0.2, -0.15) is 0 Å². The predicted molar refractivity (Wildman–Crippen MR) is 79.7 cm³/mol. The molecule has 0 aliphatic carbocycles. The Kier molecular flexibility index (Phi) is 9.72. The first kappa shape index (κ1) is 16.4. The van der Waals surface area contributed by atoms with Crippen LogP contribution in [0.3, 0.4) is 0 Å². The van der Waals surface area contributed by atoms with Crippen LogP contribution in [-0.2, 0) is 16.1 Å². The Hall–Kier alpha value is -0.610. The van der Waals surface area contributed by atoms with Gasteiger partial charge in [0.15, 0.2) is 0 Å². The van der Waals surface area contributed by atoms with Gasteiger partial charge in [0.05, 0.1) is 19.8 Å². The number of rotatable bonds is 11. The molecule has 108 valence electrons. The molecule has 1 rings (SSSR count). The van der Waals surface area contributed by atoms with Crippen LogP contribution in [0.5, 0.6) is 0 Å². The van der Waals surface area contributed by atoms with Crippen LogP contribution in [0, 0.1) is 0 Å². The third-order valence-electron chi connectivity index (χ3n) is 2.67. The zero-order valence-corrected chi connectivity index (χ0v) is 12.4. The Bertz CT molecular complexity index is 316. The number of halogens is 1. The molecule has 0 amide bonds. The van der Waals surface area contributed by atoms with Gasteiger partial charge in [-0.05, 0) is 24.1 Å². The van der Waals surface area contributed by atoms with Crippen molar-refractivity contribution in [1.82, 2.24) is 5.32 Å². The average Bonchev–Trinajstić information content (AvgIpc) is 2.43. The van der Waals surface area contributed by atoms with Crippen molar-refractivity contribution in [3.8, 4) is 0 Å². The summed E-state index contributed by atoms with van der Waals surface area (Å²) in [6, 6.07) is 7.73. The summed E-state index contributed by atoms with van der Waals surface area (Å²) in [5.41, 5.74) is 1.15. The number of nitrogens with one attached hydrogen (secondary N) is 1. The molecular weight excluding hydrogens is 262 g/mol. The second kappa shape index (κ2) is 11.2. The van der Waals surface area contributed by atoms with Crippen LogP contribution < -0.4 is 5.32 Å². The standard InChI is InChI=1S/C15H24ClNO2/c1-2-3-10-18-11-8-17-9-12-19-13-14-4-6-15(16)7-5-14/h4-7,17H,2-3,8-13H2,1H3. The molecular formula is C15H24ClNO2. The Morgan fingerprint density at radius 3 is 2.37 bits per heavy atom. The van der Waals surface area contributed by atoms with E-state index in [1.807, 2.05) is 24.3 Å². The van der Waals surface area contributed by atoms with Crippen LogP contribution in [-0.4, -0.2) is 32.9 Å². The van der Waals surface area contributed by atoms with Gasteiger partial charge in [0.25, 0.3) is 0 Å². The van der Waals surface area contributed by atoms with Gasteiger partial charge in [-0.3, -0.25) is 0 Å². The first-order chi connectivity index (χ1) is 9.33. The maximum atomic E-state index is 5.81. The lowest BCUT2D eigenvalue weighted by Gasteiger charge is -2.07. The molecule has 0 saturated carbocycles. The predicted octanol–water partition coefficient (Wildman–Crippen LogP) is 3.26. The highest BCUT2D eigenvalue weighted by molar-refractivity contribution is 6.30. The van der Waals surface area contributed by atoms with Gasteiger partial charge >= 0.3 is 0 Å². The fourth-order valence-corrected chi connectivity index (χ4v) is 1.66. The number of hydrogen-bond donors (Lipinski definition) is 1. The zero-order valence-electron chi connectivity index (χ0n) is 11.7. The first-order valence-electron chi connectivity index (χ1n) is 6.93. The lowest BCUT2D eigenvalue weighted by atomic mass is 10.2. The number of hydrogen-bond acceptors (Lipinski definition) is 3. The second-order valence-corrected chi connectivity index (χ2v) is 4.83. The maximum absolute atomic E-state index is 5.81. The van der Waals surface area contributed by atoms with Crippen molar-refractivity contribution < 1.29 is 9.47 Å². The third-order valence-corrected chi connectivity index (χ3v) is 2.92. The van der Waals surface area contributed by atoms with Crippen LogP contribution in [0.2, 0.25) is 5.02 Å². The van der Waals surface area contributed by atoms with E-state index >= 15 is 0 Å². The summed E-state index contributed by atoms with van der Waals surface area (Å²) in [5, 5.41) is 4.04. The van der Waals surface area contributed by atoms with Crippen molar-refractivity contribution >= 4 is 11.6 Å². The molecule has 1 aromatic rings. The highest BCUT2D eigenvalue weighted by Crippen LogP contribution is 2.09. The van der Waals surface area contributed by atoms with Crippen molar-refractivity contribution in [3.05, 3.63) is 34.9 Å². The van der Waals surface area contributed by atoms with E-state index in [1.54, 1.807) is 0 Å². The summed E-state index contributed by atoms with van der Waals surface area (Å²) >= 11 is 5.81. The van der Waals surface area contributed by atoms with Gasteiger partial charge in [0.2, 0.25) is 0 Å². The minimum Gasteiger partial charge on any atom is -0.380 e. The fourth-order valence-electron chi connectivity index (χ4n) is 1.53. The van der Waals surface area contributed by atoms with Gasteiger partial charge in [-0.25, -0.2) is 0 Å². The third kappa shape index (κ3) is 9.00. The van der Waals surface area contributed by atoms with Gasteiger partial charge < -0.3 is 14.8 Å². The smallest absolute Gasteiger partial charge is 0.0717 e. The van der Waals surface area contributed by atoms with Crippen LogP contribution >= 0.6 is 11.6 Å². The molecule has 0 radical (unpaired) electrons. The number of ether oxygens (including phenoxy) is 2. The van der Waals surface area contributed by atoms with Crippen LogP contribution in [0.15, 0.2) is 24.3 Å². The van der Waals surface area contributed by atoms with E-state index in [-0.39, 0.29) is 0 Å². The summed E-state index contributed by atoms with van der Waals surface area (Å²) < 4.78 is 11.0. The summed E-state index contributed by atoms with van der Waals surface area (Å²) in [7, 11) is 0. The minimum atomic E-state index is 0.631. The van der Waals surface area contributed by atoms with Gasteiger partial charge in [-0.1, -0.05) is 37.1 Å². The van der Waals surface area contributed by atoms with Crippen LogP contribution in [0.25, 0.3) is 0 Å². The lowest BCUT2D eigenvalue weighted by molar-refractivity contribution is 0.112. The largest absolute Gasteiger partial charge is 0.380 e. The quantitative estimate of drug-likeness (QED) is 0.633. The molecule has 0 unspecified atom stereocenters. The molecule has 0 aromatic heterocycles. The molecule has 0 aliphatic rings. The van der Waals surface area contributed by atoms with Crippen LogP contribution in [0.4, 0.5) is 0 Å². The Balaban J connectivity index is 1.87. The van der Waals surface area contributed by atoms with E-state index < -0.39 is 0 Å². The molecule has 0 atom stereocenters. The van der Waals surface area contributed by atoms with E-state index in [4.69, 9.17) is 21.1 Å². The zero-order chi connectivity index (χ0) is 13.8. The van der Waals surface area contributed by atoms with Crippen molar-refractivity contribution in [2.45, 2.75) is 26.4 Å². The van der Waals surface area contributed by atoms with Crippen molar-refractivity contribution in [1.29, 1.82) is 0 Å². The molecule has 0 heterocycles. The Labute approximate surface area is 121 Å². The summed E-state index contributed by atoms with van der Waals surface area (Å²) in [6.07, 6.45) is 2.33. The molecule has 4 heteroatoms. The van der Waals surface area contributed by atoms with Crippen molar-refractivity contribution in [3.63, 3.8) is 0 Å². The number of unbranched alkanes of at least 4 members (excludes halogenated alkanes) is 1. The highest BCUT2D eigenvalue weighted by atomic mass is 35.5. The Morgan fingerprint density at radius 1 is 1.00 bits per heavy atom. The van der Waals surface area contributed by atoms with Gasteiger partial charge in [-0.15, -0.1) is 0 Å². The molecule has 0 bridgehead atoms. The maximum Gasteiger partial charge on any atom is 0.0717 e. The molecule has 1 N–H and O–H groups in total. The second-order valence-electron chi connectivity index (χ2n) is 4.39. The normalized spacial score (nSPS) is 10.8. The van der Waals surface area contributed by atoms with E-state index in [1.165, 1.54) is 6.42 Å². The average molecular weight is 286 g/mol. The van der Waals surface area contributed by atoms with Crippen molar-refractivity contribution in [2.24, 2.45) is 0 Å². The van der Waals surface area contributed by atoms with Gasteiger partial charge in [0.1, 0.15) is 0 Å². The van der Waals surface area contributed by atoms with Crippen molar-refractivity contribution in [2.75, 3.05) is 32.9 Å². The molecule has 0 aliphatic heterocycles. The van der Waals surface area contributed by atoms with E-state index in [9.17, 15) is 0 Å². The summed E-state index contributed by atoms with van der Waals surface area (Å²) in [6.45, 7) is 6.88. The molecule has 3 nitrogen and oxygen atoms in total. The van der Waals surface area contributed by atoms with Crippen LogP contribution in [0.1, 0.15) is 25.3 Å². The molecule has 0 saturated heterocycles. The monoisotopic (exact) mass is 285 g/mol. The van der Waals surface area contributed by atoms with E-state index in [0.717, 1.165) is 43.3 Å². The van der Waals surface area contributed by atoms with Gasteiger partial charge in [0, 0.05) is 24.7 Å². The van der Waals surface area contributed by atoms with E-state index in [2.05, 4.69) is 12.2 Å². The molecule has 1 aromatic carbocycles.